The Balaban J connectivity index is 1.43. The van der Waals surface area contributed by atoms with Crippen molar-refractivity contribution in [3.63, 3.8) is 0 Å². The molecule has 0 spiro atoms. The van der Waals surface area contributed by atoms with Gasteiger partial charge in [-0.15, -0.1) is 10.2 Å². The zero-order chi connectivity index (χ0) is 22.7. The van der Waals surface area contributed by atoms with Gasteiger partial charge >= 0.3 is 5.69 Å². The Bertz CT molecular complexity index is 1260. The van der Waals surface area contributed by atoms with E-state index in [9.17, 15) is 9.59 Å². The molecule has 1 aliphatic heterocycles. The number of fused-ring (bicyclic) bond motifs is 1. The molecule has 0 unspecified atom stereocenters. The summed E-state index contributed by atoms with van der Waals surface area (Å²) in [5, 5.41) is 13.5. The smallest absolute Gasteiger partial charge is 0.278 e. The summed E-state index contributed by atoms with van der Waals surface area (Å²) in [6.45, 7) is 3.41. The van der Waals surface area contributed by atoms with Gasteiger partial charge in [0.25, 0.3) is 5.56 Å². The molecular weight excluding hydrogens is 453 g/mol. The number of unbranched alkanes of at least 4 members (excludes halogenated alkanes) is 2. The van der Waals surface area contributed by atoms with Crippen molar-refractivity contribution >= 4 is 34.2 Å². The quantitative estimate of drug-likeness (QED) is 0.441. The van der Waals surface area contributed by atoms with Crippen LogP contribution in [0.1, 0.15) is 38.2 Å². The van der Waals surface area contributed by atoms with Crippen molar-refractivity contribution in [2.45, 2.75) is 58.7 Å². The van der Waals surface area contributed by atoms with Crippen molar-refractivity contribution in [1.29, 1.82) is 0 Å². The summed E-state index contributed by atoms with van der Waals surface area (Å²) in [6, 6.07) is 7.22. The van der Waals surface area contributed by atoms with Gasteiger partial charge in [0.2, 0.25) is 5.82 Å². The minimum absolute atomic E-state index is 0.276. The van der Waals surface area contributed by atoms with Crippen LogP contribution in [0.25, 0.3) is 11.4 Å². The summed E-state index contributed by atoms with van der Waals surface area (Å²) in [5.74, 6) is 0.934. The van der Waals surface area contributed by atoms with Gasteiger partial charge < -0.3 is 0 Å². The van der Waals surface area contributed by atoms with E-state index >= 15 is 0 Å². The Labute approximate surface area is 194 Å². The van der Waals surface area contributed by atoms with Crippen LogP contribution < -0.4 is 11.2 Å². The summed E-state index contributed by atoms with van der Waals surface area (Å²) in [7, 11) is 0. The highest BCUT2D eigenvalue weighted by Crippen LogP contribution is 2.24. The number of benzene rings is 1. The zero-order valence-corrected chi connectivity index (χ0v) is 19.2. The molecule has 1 aliphatic rings. The molecular formula is C21H23Cl2N7O2. The summed E-state index contributed by atoms with van der Waals surface area (Å²) < 4.78 is 2.88. The number of hydrogen-bond donors (Lipinski definition) is 0. The van der Waals surface area contributed by atoms with Crippen LogP contribution in [-0.4, -0.2) is 34.5 Å². The first-order valence-electron chi connectivity index (χ1n) is 10.6. The number of aliphatic imine (C=N–C) groups is 1. The third-order valence-electron chi connectivity index (χ3n) is 5.32. The molecule has 9 nitrogen and oxygen atoms in total. The highest BCUT2D eigenvalue weighted by molar-refractivity contribution is 6.66. The largest absolute Gasteiger partial charge is 0.332 e. The summed E-state index contributed by atoms with van der Waals surface area (Å²) in [6.07, 6.45) is 3.34. The van der Waals surface area contributed by atoms with E-state index in [2.05, 4.69) is 20.4 Å². The third kappa shape index (κ3) is 4.68. The second kappa shape index (κ2) is 9.79. The molecule has 3 aromatic rings. The predicted octanol–water partition coefficient (Wildman–Crippen LogP) is 3.42. The third-order valence-corrected chi connectivity index (χ3v) is 5.79. The molecule has 32 heavy (non-hydrogen) atoms. The van der Waals surface area contributed by atoms with Gasteiger partial charge in [-0.2, -0.15) is 4.80 Å². The fourth-order valence-electron chi connectivity index (χ4n) is 3.62. The van der Waals surface area contributed by atoms with E-state index in [4.69, 9.17) is 23.2 Å². The molecule has 0 atom stereocenters. The van der Waals surface area contributed by atoms with Gasteiger partial charge in [-0.1, -0.05) is 36.5 Å². The van der Waals surface area contributed by atoms with E-state index in [1.807, 2.05) is 19.1 Å². The van der Waals surface area contributed by atoms with E-state index in [1.54, 1.807) is 16.7 Å². The lowest BCUT2D eigenvalue weighted by Gasteiger charge is -2.13. The van der Waals surface area contributed by atoms with Crippen LogP contribution in [0.15, 0.2) is 38.8 Å². The molecule has 0 N–H and O–H groups in total. The van der Waals surface area contributed by atoms with Gasteiger partial charge in [-0.3, -0.25) is 13.9 Å². The first-order chi connectivity index (χ1) is 15.5. The Morgan fingerprint density at radius 3 is 2.44 bits per heavy atom. The Morgan fingerprint density at radius 2 is 1.69 bits per heavy atom. The Hall–Kier alpha value is -2.78. The van der Waals surface area contributed by atoms with E-state index in [-0.39, 0.29) is 17.7 Å². The van der Waals surface area contributed by atoms with Crippen molar-refractivity contribution < 1.29 is 0 Å². The van der Waals surface area contributed by atoms with Crippen molar-refractivity contribution in [3.8, 4) is 11.4 Å². The standard InChI is InChI=1S/C21H23Cl2N7O2/c1-2-3-10-28-19-16(13-17(23)24-19)20(31)29(21(28)32)11-4-5-12-30-26-18(25-27-30)14-6-8-15(22)9-7-14/h6-9H,2-5,10-13H2,1H3. The molecule has 11 heteroatoms. The zero-order valence-electron chi connectivity index (χ0n) is 17.7. The van der Waals surface area contributed by atoms with Crippen LogP contribution >= 0.6 is 23.2 Å². The SMILES string of the molecule is CCCCn1c2c(c(=O)n(CCCCn3nnc(-c4ccc(Cl)cc4)n3)c1=O)CC(Cl)=N2. The van der Waals surface area contributed by atoms with Crippen molar-refractivity contribution in [1.82, 2.24) is 29.3 Å². The van der Waals surface area contributed by atoms with E-state index in [1.165, 1.54) is 9.36 Å². The number of aryl methyl sites for hydroxylation is 1. The number of nitrogens with zero attached hydrogens (tertiary/aromatic N) is 7. The highest BCUT2D eigenvalue weighted by Gasteiger charge is 2.24. The maximum atomic E-state index is 13.0. The normalized spacial score (nSPS) is 12.8. The molecule has 0 aliphatic carbocycles. The number of aromatic nitrogens is 6. The van der Waals surface area contributed by atoms with Gasteiger partial charge in [0, 0.05) is 30.1 Å². The monoisotopic (exact) mass is 475 g/mol. The van der Waals surface area contributed by atoms with Crippen LogP contribution in [0.3, 0.4) is 0 Å². The minimum atomic E-state index is -0.332. The van der Waals surface area contributed by atoms with Crippen LogP contribution in [0.5, 0.6) is 0 Å². The Morgan fingerprint density at radius 1 is 0.969 bits per heavy atom. The minimum Gasteiger partial charge on any atom is -0.278 e. The second-order valence-electron chi connectivity index (χ2n) is 7.63. The van der Waals surface area contributed by atoms with Crippen LogP contribution in [-0.2, 0) is 26.1 Å². The molecule has 1 aromatic carbocycles. The number of rotatable bonds is 9. The first-order valence-corrected chi connectivity index (χ1v) is 11.4. The number of hydrogen-bond acceptors (Lipinski definition) is 6. The Kier molecular flexibility index (Phi) is 6.86. The van der Waals surface area contributed by atoms with E-state index in [0.717, 1.165) is 18.4 Å². The number of halogens is 2. The molecule has 0 amide bonds. The summed E-state index contributed by atoms with van der Waals surface area (Å²) in [4.78, 5) is 31.6. The molecule has 0 bridgehead atoms. The summed E-state index contributed by atoms with van der Waals surface area (Å²) >= 11 is 12.0. The summed E-state index contributed by atoms with van der Waals surface area (Å²) in [5.41, 5.74) is 0.692. The average Bonchev–Trinajstić information content (AvgIpc) is 3.40. The van der Waals surface area contributed by atoms with Gasteiger partial charge in [0.1, 0.15) is 11.0 Å². The first kappa shape index (κ1) is 22.4. The second-order valence-corrected chi connectivity index (χ2v) is 8.51. The lowest BCUT2D eigenvalue weighted by atomic mass is 10.2. The molecule has 3 heterocycles. The lowest BCUT2D eigenvalue weighted by molar-refractivity contribution is 0.454. The van der Waals surface area contributed by atoms with Gasteiger partial charge in [0.15, 0.2) is 0 Å². The van der Waals surface area contributed by atoms with Crippen molar-refractivity contribution in [2.75, 3.05) is 0 Å². The molecule has 2 aromatic heterocycles. The predicted molar refractivity (Wildman–Crippen MR) is 124 cm³/mol. The number of tetrazole rings is 1. The van der Waals surface area contributed by atoms with Gasteiger partial charge in [-0.05, 0) is 48.7 Å². The van der Waals surface area contributed by atoms with Crippen LogP contribution in [0.2, 0.25) is 5.02 Å². The average molecular weight is 476 g/mol. The molecule has 0 radical (unpaired) electrons. The molecule has 0 saturated carbocycles. The van der Waals surface area contributed by atoms with Gasteiger partial charge in [-0.25, -0.2) is 9.79 Å². The molecule has 168 valence electrons. The lowest BCUT2D eigenvalue weighted by Crippen LogP contribution is -2.41. The fraction of sp³-hybridized carbons (Fsp3) is 0.429. The van der Waals surface area contributed by atoms with Gasteiger partial charge in [0.05, 0.1) is 12.1 Å². The molecule has 4 rings (SSSR count). The van der Waals surface area contributed by atoms with Crippen LogP contribution in [0, 0.1) is 0 Å². The van der Waals surface area contributed by atoms with Crippen molar-refractivity contribution in [3.05, 3.63) is 55.7 Å². The maximum Gasteiger partial charge on any atom is 0.332 e. The van der Waals surface area contributed by atoms with E-state index in [0.29, 0.717) is 59.9 Å². The molecule has 0 saturated heterocycles. The van der Waals surface area contributed by atoms with E-state index < -0.39 is 0 Å². The molecule has 0 fully saturated rings. The highest BCUT2D eigenvalue weighted by atomic mass is 35.5. The topological polar surface area (TPSA) is 100.0 Å². The van der Waals surface area contributed by atoms with Crippen molar-refractivity contribution in [2.24, 2.45) is 4.99 Å². The fourth-order valence-corrected chi connectivity index (χ4v) is 3.96. The van der Waals surface area contributed by atoms with Crippen LogP contribution in [0.4, 0.5) is 5.82 Å². The maximum absolute atomic E-state index is 13.0.